The number of carbonyl (C=O) groups excluding carboxylic acids is 2. The van der Waals surface area contributed by atoms with Crippen molar-refractivity contribution in [1.82, 2.24) is 14.8 Å². The molecule has 8 heteroatoms. The van der Waals surface area contributed by atoms with Gasteiger partial charge in [0, 0.05) is 45.5 Å². The third kappa shape index (κ3) is 4.78. The summed E-state index contributed by atoms with van der Waals surface area (Å²) in [5, 5.41) is 8.89. The van der Waals surface area contributed by atoms with Crippen molar-refractivity contribution < 1.29 is 14.3 Å². The molecule has 156 valence electrons. The van der Waals surface area contributed by atoms with Crippen molar-refractivity contribution in [3.8, 4) is 6.07 Å². The summed E-state index contributed by atoms with van der Waals surface area (Å²) in [6, 6.07) is 5.66. The molecule has 3 heterocycles. The van der Waals surface area contributed by atoms with Crippen LogP contribution >= 0.6 is 0 Å². The van der Waals surface area contributed by atoms with Crippen molar-refractivity contribution >= 4 is 17.8 Å². The molecule has 8 nitrogen and oxygen atoms in total. The van der Waals surface area contributed by atoms with Crippen molar-refractivity contribution in [3.63, 3.8) is 0 Å². The second-order valence-electron chi connectivity index (χ2n) is 9.01. The number of ether oxygens (including phenoxy) is 1. The number of carbonyl (C=O) groups is 2. The Morgan fingerprint density at radius 3 is 2.38 bits per heavy atom. The largest absolute Gasteiger partial charge is 0.444 e. The van der Waals surface area contributed by atoms with Crippen molar-refractivity contribution in [2.75, 3.05) is 44.2 Å². The predicted octanol–water partition coefficient (Wildman–Crippen LogP) is 2.25. The van der Waals surface area contributed by atoms with Crippen LogP contribution in [-0.2, 0) is 9.53 Å². The molecule has 0 spiro atoms. The van der Waals surface area contributed by atoms with Crippen molar-refractivity contribution in [3.05, 3.63) is 23.9 Å². The molecule has 1 atom stereocenters. The van der Waals surface area contributed by atoms with Crippen molar-refractivity contribution in [2.24, 2.45) is 5.41 Å². The molecule has 2 fully saturated rings. The number of rotatable bonds is 2. The number of pyridine rings is 1. The summed E-state index contributed by atoms with van der Waals surface area (Å²) in [6.45, 7) is 11.0. The summed E-state index contributed by atoms with van der Waals surface area (Å²) >= 11 is 0. The van der Waals surface area contributed by atoms with Gasteiger partial charge in [-0.1, -0.05) is 0 Å². The minimum Gasteiger partial charge on any atom is -0.444 e. The Hall–Kier alpha value is -2.82. The van der Waals surface area contributed by atoms with Crippen LogP contribution in [0.4, 0.5) is 10.6 Å². The first-order valence-electron chi connectivity index (χ1n) is 10.00. The molecular weight excluding hydrogens is 370 g/mol. The van der Waals surface area contributed by atoms with E-state index < -0.39 is 11.0 Å². The molecule has 1 aromatic rings. The van der Waals surface area contributed by atoms with E-state index in [1.54, 1.807) is 17.2 Å². The second-order valence-corrected chi connectivity index (χ2v) is 9.01. The molecule has 0 radical (unpaired) electrons. The van der Waals surface area contributed by atoms with Gasteiger partial charge in [0.15, 0.2) is 0 Å². The molecular formula is C21H29N5O3. The molecule has 29 heavy (non-hydrogen) atoms. The fraction of sp³-hybridized carbons (Fsp3) is 0.619. The van der Waals surface area contributed by atoms with Gasteiger partial charge in [-0.2, -0.15) is 5.26 Å². The first-order chi connectivity index (χ1) is 13.6. The molecule has 0 N–H and O–H groups in total. The van der Waals surface area contributed by atoms with E-state index in [1.807, 2.05) is 38.7 Å². The lowest BCUT2D eigenvalue weighted by atomic mass is 9.88. The topological polar surface area (TPSA) is 89.8 Å². The number of nitrogens with zero attached hydrogens (tertiary/aromatic N) is 5. The lowest BCUT2D eigenvalue weighted by Gasteiger charge is -2.39. The van der Waals surface area contributed by atoms with Gasteiger partial charge >= 0.3 is 6.09 Å². The van der Waals surface area contributed by atoms with Crippen LogP contribution in [0.25, 0.3) is 0 Å². The van der Waals surface area contributed by atoms with Crippen molar-refractivity contribution in [1.29, 1.82) is 5.26 Å². The fourth-order valence-corrected chi connectivity index (χ4v) is 3.78. The average Bonchev–Trinajstić information content (AvgIpc) is 3.10. The lowest BCUT2D eigenvalue weighted by molar-refractivity contribution is -0.140. The smallest absolute Gasteiger partial charge is 0.410 e. The Morgan fingerprint density at radius 1 is 1.14 bits per heavy atom. The van der Waals surface area contributed by atoms with E-state index in [2.05, 4.69) is 16.0 Å². The highest BCUT2D eigenvalue weighted by atomic mass is 16.6. The van der Waals surface area contributed by atoms with E-state index in [9.17, 15) is 9.59 Å². The zero-order valence-electron chi connectivity index (χ0n) is 17.6. The third-order valence-electron chi connectivity index (χ3n) is 5.41. The molecule has 2 aliphatic rings. The molecule has 2 saturated heterocycles. The quantitative estimate of drug-likeness (QED) is 0.758. The Kier molecular flexibility index (Phi) is 5.69. The number of anilines is 1. The van der Waals surface area contributed by atoms with E-state index in [4.69, 9.17) is 10.00 Å². The number of amides is 2. The van der Waals surface area contributed by atoms with Gasteiger partial charge in [-0.25, -0.2) is 9.78 Å². The zero-order valence-corrected chi connectivity index (χ0v) is 17.6. The molecule has 2 amide bonds. The van der Waals surface area contributed by atoms with Crippen LogP contribution in [-0.4, -0.2) is 71.7 Å². The van der Waals surface area contributed by atoms with Gasteiger partial charge in [0.2, 0.25) is 5.91 Å². The van der Waals surface area contributed by atoms with Gasteiger partial charge in [0.25, 0.3) is 0 Å². The lowest BCUT2D eigenvalue weighted by Crippen LogP contribution is -2.53. The highest BCUT2D eigenvalue weighted by Crippen LogP contribution is 2.33. The van der Waals surface area contributed by atoms with Gasteiger partial charge in [-0.3, -0.25) is 4.79 Å². The number of hydrogen-bond donors (Lipinski definition) is 0. The van der Waals surface area contributed by atoms with Crippen LogP contribution in [0.1, 0.15) is 39.7 Å². The summed E-state index contributed by atoms with van der Waals surface area (Å²) < 4.78 is 5.45. The van der Waals surface area contributed by atoms with Gasteiger partial charge in [0.05, 0.1) is 11.0 Å². The first kappa shape index (κ1) is 20.9. The average molecular weight is 399 g/mol. The van der Waals surface area contributed by atoms with E-state index >= 15 is 0 Å². The number of aromatic nitrogens is 1. The molecule has 0 saturated carbocycles. The Bertz CT molecular complexity index is 803. The monoisotopic (exact) mass is 399 g/mol. The van der Waals surface area contributed by atoms with Gasteiger partial charge in [-0.05, 0) is 46.2 Å². The molecule has 1 aromatic heterocycles. The van der Waals surface area contributed by atoms with Crippen LogP contribution in [0.15, 0.2) is 18.3 Å². The normalized spacial score (nSPS) is 22.4. The van der Waals surface area contributed by atoms with E-state index in [-0.39, 0.29) is 12.0 Å². The summed E-state index contributed by atoms with van der Waals surface area (Å²) in [6.07, 6.45) is 1.85. The number of piperazine rings is 1. The van der Waals surface area contributed by atoms with Crippen molar-refractivity contribution in [2.45, 2.75) is 39.7 Å². The van der Waals surface area contributed by atoms with Crippen LogP contribution in [0.2, 0.25) is 0 Å². The Balaban J connectivity index is 1.56. The Labute approximate surface area is 172 Å². The number of nitriles is 1. The summed E-state index contributed by atoms with van der Waals surface area (Å²) in [5.74, 6) is 0.912. The number of likely N-dealkylation sites (tertiary alicyclic amines) is 1. The predicted molar refractivity (Wildman–Crippen MR) is 108 cm³/mol. The van der Waals surface area contributed by atoms with E-state index in [0.717, 1.165) is 5.82 Å². The molecule has 3 rings (SSSR count). The van der Waals surface area contributed by atoms with Gasteiger partial charge < -0.3 is 19.4 Å². The molecule has 2 aliphatic heterocycles. The summed E-state index contributed by atoms with van der Waals surface area (Å²) in [4.78, 5) is 35.5. The summed E-state index contributed by atoms with van der Waals surface area (Å²) in [7, 11) is 0. The maximum Gasteiger partial charge on any atom is 0.410 e. The van der Waals surface area contributed by atoms with Gasteiger partial charge in [-0.15, -0.1) is 0 Å². The highest BCUT2D eigenvalue weighted by Gasteiger charge is 2.45. The molecule has 0 aliphatic carbocycles. The van der Waals surface area contributed by atoms with E-state index in [1.165, 1.54) is 0 Å². The summed E-state index contributed by atoms with van der Waals surface area (Å²) in [5.41, 5.74) is -0.590. The number of hydrogen-bond acceptors (Lipinski definition) is 6. The highest BCUT2D eigenvalue weighted by molar-refractivity contribution is 5.84. The molecule has 0 bridgehead atoms. The van der Waals surface area contributed by atoms with Crippen LogP contribution in [0.5, 0.6) is 0 Å². The first-order valence-corrected chi connectivity index (χ1v) is 10.00. The molecule has 0 unspecified atom stereocenters. The van der Waals surface area contributed by atoms with Crippen LogP contribution in [0, 0.1) is 16.7 Å². The fourth-order valence-electron chi connectivity index (χ4n) is 3.78. The van der Waals surface area contributed by atoms with Gasteiger partial charge in [0.1, 0.15) is 17.5 Å². The maximum atomic E-state index is 13.2. The minimum absolute atomic E-state index is 0.0935. The van der Waals surface area contributed by atoms with Crippen LogP contribution < -0.4 is 4.90 Å². The van der Waals surface area contributed by atoms with E-state index in [0.29, 0.717) is 51.3 Å². The Morgan fingerprint density at radius 2 is 1.83 bits per heavy atom. The standard InChI is InChI=1S/C21H29N5O3/c1-20(2,3)29-19(28)26-8-7-21(4,15-26)18(27)25-11-9-24(10-12-25)17-6-5-16(13-22)14-23-17/h5-6,14H,7-12,15H2,1-4H3/t21-/m0/s1. The SMILES string of the molecule is CC(C)(C)OC(=O)N1CC[C@](C)(C(=O)N2CCN(c3ccc(C#N)cn3)CC2)C1. The second kappa shape index (κ2) is 7.90. The molecule has 0 aromatic carbocycles. The zero-order chi connectivity index (χ0) is 21.2. The van der Waals surface area contributed by atoms with Crippen LogP contribution in [0.3, 0.4) is 0 Å². The minimum atomic E-state index is -0.578. The third-order valence-corrected chi connectivity index (χ3v) is 5.41. The maximum absolute atomic E-state index is 13.2.